The third-order valence-corrected chi connectivity index (χ3v) is 6.04. The molecular weight excluding hydrogens is 447 g/mol. The van der Waals surface area contributed by atoms with E-state index in [9.17, 15) is 18.0 Å². The summed E-state index contributed by atoms with van der Waals surface area (Å²) < 4.78 is 47.9. The first-order valence-corrected chi connectivity index (χ1v) is 11.8. The summed E-state index contributed by atoms with van der Waals surface area (Å²) in [6, 6.07) is 5.81. The van der Waals surface area contributed by atoms with Crippen molar-refractivity contribution in [2.24, 2.45) is 11.8 Å². The fraction of sp³-hybridized carbons (Fsp3) is 0.625. The Morgan fingerprint density at radius 2 is 2.03 bits per heavy atom. The Morgan fingerprint density at radius 3 is 2.71 bits per heavy atom. The first kappa shape index (κ1) is 26.2. The minimum Gasteiger partial charge on any atom is -0.385 e. The minimum absolute atomic E-state index is 0.127. The van der Waals surface area contributed by atoms with Crippen LogP contribution in [0.15, 0.2) is 24.3 Å². The number of piperidine rings is 1. The molecule has 1 fully saturated rings. The lowest BCUT2D eigenvalue weighted by atomic mass is 9.94. The van der Waals surface area contributed by atoms with Crippen molar-refractivity contribution < 1.29 is 22.7 Å². The first-order valence-electron chi connectivity index (χ1n) is 11.8. The van der Waals surface area contributed by atoms with Gasteiger partial charge in [0.15, 0.2) is 5.69 Å². The summed E-state index contributed by atoms with van der Waals surface area (Å²) in [4.78, 5) is 15.4. The summed E-state index contributed by atoms with van der Waals surface area (Å²) in [5.74, 6) is -1.52. The van der Waals surface area contributed by atoms with Crippen molar-refractivity contribution in [1.29, 1.82) is 0 Å². The number of carbonyl (C=O) groups is 1. The Kier molecular flexibility index (Phi) is 9.46. The molecule has 0 bridgehead atoms. The van der Waals surface area contributed by atoms with Crippen LogP contribution in [0.4, 0.5) is 13.2 Å². The van der Waals surface area contributed by atoms with E-state index >= 15 is 0 Å². The average Bonchev–Trinajstić information content (AvgIpc) is 3.23. The van der Waals surface area contributed by atoms with Crippen LogP contribution in [0.1, 0.15) is 49.3 Å². The molecule has 1 N–H and O–H groups in total. The van der Waals surface area contributed by atoms with E-state index in [0.717, 1.165) is 6.42 Å². The number of rotatable bonds is 11. The van der Waals surface area contributed by atoms with Crippen LogP contribution in [-0.4, -0.2) is 71.6 Å². The summed E-state index contributed by atoms with van der Waals surface area (Å²) in [5, 5.41) is 11.3. The van der Waals surface area contributed by atoms with Gasteiger partial charge in [0.05, 0.1) is 5.69 Å². The lowest BCUT2D eigenvalue weighted by Crippen LogP contribution is -2.53. The van der Waals surface area contributed by atoms with Gasteiger partial charge in [-0.25, -0.2) is 17.9 Å². The highest BCUT2D eigenvalue weighted by Crippen LogP contribution is 2.25. The van der Waals surface area contributed by atoms with E-state index < -0.39 is 18.2 Å². The van der Waals surface area contributed by atoms with Crippen molar-refractivity contribution in [3.05, 3.63) is 41.5 Å². The summed E-state index contributed by atoms with van der Waals surface area (Å²) in [6.07, 6.45) is -0.342. The number of amides is 1. The van der Waals surface area contributed by atoms with Crippen LogP contribution in [0.2, 0.25) is 0 Å². The topological polar surface area (TPSA) is 72.3 Å². The van der Waals surface area contributed by atoms with Crippen LogP contribution < -0.4 is 5.32 Å². The van der Waals surface area contributed by atoms with Crippen LogP contribution in [0.25, 0.3) is 5.69 Å². The molecule has 188 valence electrons. The quantitative estimate of drug-likeness (QED) is 0.496. The summed E-state index contributed by atoms with van der Waals surface area (Å²) in [7, 11) is 1.62. The highest BCUT2D eigenvalue weighted by Gasteiger charge is 2.36. The monoisotopic (exact) mass is 481 g/mol. The molecule has 0 radical (unpaired) electrons. The SMILES string of the molecule is COCCCCc1c(C(=O)N(CC(C)C)[C@@H]2CNC[C@H](C(F)F)C2)nnn1-c1ccccc1F. The maximum atomic E-state index is 14.6. The van der Waals surface area contributed by atoms with Crippen molar-refractivity contribution in [3.8, 4) is 5.69 Å². The molecule has 3 rings (SSSR count). The lowest BCUT2D eigenvalue weighted by molar-refractivity contribution is 0.0270. The molecule has 2 aromatic rings. The summed E-state index contributed by atoms with van der Waals surface area (Å²) >= 11 is 0. The predicted molar refractivity (Wildman–Crippen MR) is 123 cm³/mol. The number of aromatic nitrogens is 3. The predicted octanol–water partition coefficient (Wildman–Crippen LogP) is 3.72. The number of carbonyl (C=O) groups excluding carboxylic acids is 1. The Bertz CT molecular complexity index is 937. The molecular formula is C24H34F3N5O2. The number of ether oxygens (including phenoxy) is 1. The number of unbranched alkanes of at least 4 members (excludes halogenated alkanes) is 1. The van der Waals surface area contributed by atoms with Gasteiger partial charge in [0.2, 0.25) is 6.43 Å². The molecule has 0 saturated carbocycles. The number of benzene rings is 1. The smallest absolute Gasteiger partial charge is 0.276 e. The van der Waals surface area contributed by atoms with Crippen LogP contribution >= 0.6 is 0 Å². The van der Waals surface area contributed by atoms with Gasteiger partial charge in [-0.2, -0.15) is 0 Å². The van der Waals surface area contributed by atoms with E-state index in [1.807, 2.05) is 13.8 Å². The van der Waals surface area contributed by atoms with Crippen molar-refractivity contribution in [2.75, 3.05) is 33.4 Å². The van der Waals surface area contributed by atoms with E-state index in [1.165, 1.54) is 10.7 Å². The molecule has 1 aromatic carbocycles. The van der Waals surface area contributed by atoms with E-state index in [-0.39, 0.29) is 42.2 Å². The van der Waals surface area contributed by atoms with Gasteiger partial charge in [0.25, 0.3) is 5.91 Å². The van der Waals surface area contributed by atoms with Gasteiger partial charge in [0, 0.05) is 45.3 Å². The Balaban J connectivity index is 1.95. The van der Waals surface area contributed by atoms with Crippen LogP contribution in [0.3, 0.4) is 0 Å². The van der Waals surface area contributed by atoms with E-state index in [0.29, 0.717) is 38.2 Å². The maximum Gasteiger partial charge on any atom is 0.276 e. The first-order chi connectivity index (χ1) is 16.3. The van der Waals surface area contributed by atoms with Crippen LogP contribution in [0.5, 0.6) is 0 Å². The molecule has 0 aliphatic carbocycles. The molecule has 1 aromatic heterocycles. The number of nitrogens with zero attached hydrogens (tertiary/aromatic N) is 4. The number of nitrogens with one attached hydrogen (secondary N) is 1. The van der Waals surface area contributed by atoms with Gasteiger partial charge in [0.1, 0.15) is 11.5 Å². The third-order valence-electron chi connectivity index (χ3n) is 6.04. The average molecular weight is 482 g/mol. The summed E-state index contributed by atoms with van der Waals surface area (Å²) in [5.41, 5.74) is 0.859. The Morgan fingerprint density at radius 1 is 1.26 bits per heavy atom. The molecule has 1 saturated heterocycles. The molecule has 10 heteroatoms. The second-order valence-electron chi connectivity index (χ2n) is 9.19. The highest BCUT2D eigenvalue weighted by atomic mass is 19.3. The zero-order chi connectivity index (χ0) is 24.7. The Labute approximate surface area is 198 Å². The van der Waals surface area contributed by atoms with Gasteiger partial charge >= 0.3 is 0 Å². The van der Waals surface area contributed by atoms with E-state index in [2.05, 4.69) is 15.6 Å². The van der Waals surface area contributed by atoms with Crippen LogP contribution in [-0.2, 0) is 11.2 Å². The molecule has 1 amide bonds. The zero-order valence-electron chi connectivity index (χ0n) is 20.0. The van der Waals surface area contributed by atoms with Gasteiger partial charge in [-0.05, 0) is 43.7 Å². The van der Waals surface area contributed by atoms with Gasteiger partial charge < -0.3 is 15.0 Å². The number of alkyl halides is 2. The maximum absolute atomic E-state index is 14.6. The van der Waals surface area contributed by atoms with Gasteiger partial charge in [-0.3, -0.25) is 4.79 Å². The second kappa shape index (κ2) is 12.3. The molecule has 2 heterocycles. The second-order valence-corrected chi connectivity index (χ2v) is 9.19. The zero-order valence-corrected chi connectivity index (χ0v) is 20.0. The van der Waals surface area contributed by atoms with Crippen molar-refractivity contribution in [2.45, 2.75) is 52.0 Å². The number of hydrogen-bond acceptors (Lipinski definition) is 5. The number of hydrogen-bond donors (Lipinski definition) is 1. The largest absolute Gasteiger partial charge is 0.385 e. The van der Waals surface area contributed by atoms with Crippen molar-refractivity contribution in [1.82, 2.24) is 25.2 Å². The number of halogens is 3. The molecule has 0 unspecified atom stereocenters. The fourth-order valence-electron chi connectivity index (χ4n) is 4.36. The molecule has 34 heavy (non-hydrogen) atoms. The van der Waals surface area contributed by atoms with Crippen LogP contribution in [0, 0.1) is 17.7 Å². The van der Waals surface area contributed by atoms with E-state index in [1.54, 1.807) is 30.2 Å². The molecule has 1 aliphatic rings. The van der Waals surface area contributed by atoms with Crippen molar-refractivity contribution >= 4 is 5.91 Å². The molecule has 1 aliphatic heterocycles. The molecule has 2 atom stereocenters. The fourth-order valence-corrected chi connectivity index (χ4v) is 4.36. The van der Waals surface area contributed by atoms with Crippen molar-refractivity contribution in [3.63, 3.8) is 0 Å². The third kappa shape index (κ3) is 6.35. The normalized spacial score (nSPS) is 18.6. The summed E-state index contributed by atoms with van der Waals surface area (Å²) in [6.45, 7) is 5.58. The molecule has 7 nitrogen and oxygen atoms in total. The lowest BCUT2D eigenvalue weighted by Gasteiger charge is -2.38. The van der Waals surface area contributed by atoms with E-state index in [4.69, 9.17) is 4.74 Å². The number of para-hydroxylation sites is 1. The Hall–Kier alpha value is -2.46. The molecule has 0 spiro atoms. The van der Waals surface area contributed by atoms with Gasteiger partial charge in [-0.15, -0.1) is 5.10 Å². The number of methoxy groups -OCH3 is 1. The highest BCUT2D eigenvalue weighted by molar-refractivity contribution is 5.93. The minimum atomic E-state index is -2.45. The van der Waals surface area contributed by atoms with Gasteiger partial charge in [-0.1, -0.05) is 31.2 Å². The standard InChI is InChI=1S/C24H34F3N5O2/c1-16(2)15-31(18-12-17(23(26)27)13-28-14-18)24(33)22-21(10-6-7-11-34-3)32(30-29-22)20-9-5-4-8-19(20)25/h4-5,8-9,16-18,23,28H,6-7,10-15H2,1-3H3/t17-,18+/m1/s1.